The zero-order chi connectivity index (χ0) is 19.5. The molecule has 1 aromatic carbocycles. The molecular formula is C20H21ClN4O2S. The Hall–Kier alpha value is -2.25. The lowest BCUT2D eigenvalue weighted by atomic mass is 10.2. The Labute approximate surface area is 172 Å². The zero-order valence-corrected chi connectivity index (χ0v) is 17.0. The SMILES string of the molecule is CC(NC(=O)CSc1nnc(-c2ccc(Cl)cc2)n1Cc1ccco1)C1CC1. The van der Waals surface area contributed by atoms with E-state index >= 15 is 0 Å². The predicted octanol–water partition coefficient (Wildman–Crippen LogP) is 4.25. The summed E-state index contributed by atoms with van der Waals surface area (Å²) in [5.41, 5.74) is 0.905. The van der Waals surface area contributed by atoms with E-state index in [-0.39, 0.29) is 11.9 Å². The number of carbonyl (C=O) groups excluding carboxylic acids is 1. The highest BCUT2D eigenvalue weighted by Gasteiger charge is 2.29. The van der Waals surface area contributed by atoms with Crippen molar-refractivity contribution in [1.29, 1.82) is 0 Å². The van der Waals surface area contributed by atoms with Crippen LogP contribution in [0.15, 0.2) is 52.2 Å². The van der Waals surface area contributed by atoms with Crippen LogP contribution in [0.25, 0.3) is 11.4 Å². The van der Waals surface area contributed by atoms with Crippen LogP contribution in [0.2, 0.25) is 5.02 Å². The van der Waals surface area contributed by atoms with E-state index in [0.29, 0.717) is 34.2 Å². The van der Waals surface area contributed by atoms with Crippen LogP contribution in [0.3, 0.4) is 0 Å². The van der Waals surface area contributed by atoms with Crippen molar-refractivity contribution >= 4 is 29.3 Å². The highest BCUT2D eigenvalue weighted by atomic mass is 35.5. The summed E-state index contributed by atoms with van der Waals surface area (Å²) in [5, 5.41) is 13.1. The molecule has 28 heavy (non-hydrogen) atoms. The molecule has 0 saturated heterocycles. The van der Waals surface area contributed by atoms with E-state index in [1.807, 2.05) is 41.0 Å². The quantitative estimate of drug-likeness (QED) is 0.556. The number of amides is 1. The molecule has 1 fully saturated rings. The Balaban J connectivity index is 1.52. The molecule has 1 unspecified atom stereocenters. The fraction of sp³-hybridized carbons (Fsp3) is 0.350. The average molecular weight is 417 g/mol. The number of rotatable bonds is 8. The van der Waals surface area contributed by atoms with E-state index in [0.717, 1.165) is 11.3 Å². The van der Waals surface area contributed by atoms with Crippen molar-refractivity contribution in [3.63, 3.8) is 0 Å². The highest BCUT2D eigenvalue weighted by Crippen LogP contribution is 2.32. The number of carbonyl (C=O) groups is 1. The third-order valence-corrected chi connectivity index (χ3v) is 5.98. The number of nitrogens with one attached hydrogen (secondary N) is 1. The first kappa shape index (κ1) is 19.1. The average Bonchev–Trinajstić information content (AvgIpc) is 3.28. The Morgan fingerprint density at radius 3 is 2.79 bits per heavy atom. The second kappa shape index (κ2) is 8.41. The molecule has 2 heterocycles. The van der Waals surface area contributed by atoms with Gasteiger partial charge in [0, 0.05) is 16.6 Å². The first-order valence-electron chi connectivity index (χ1n) is 9.24. The number of aromatic nitrogens is 3. The summed E-state index contributed by atoms with van der Waals surface area (Å²) in [6.45, 7) is 2.55. The number of hydrogen-bond acceptors (Lipinski definition) is 5. The normalized spacial score (nSPS) is 14.8. The molecular weight excluding hydrogens is 396 g/mol. The summed E-state index contributed by atoms with van der Waals surface area (Å²) in [4.78, 5) is 12.3. The monoisotopic (exact) mass is 416 g/mol. The van der Waals surface area contributed by atoms with Gasteiger partial charge < -0.3 is 9.73 Å². The van der Waals surface area contributed by atoms with Gasteiger partial charge in [0.05, 0.1) is 18.6 Å². The minimum atomic E-state index is 0.0185. The molecule has 1 atom stereocenters. The molecule has 0 aliphatic heterocycles. The van der Waals surface area contributed by atoms with Gasteiger partial charge in [0.15, 0.2) is 11.0 Å². The molecule has 1 aliphatic rings. The highest BCUT2D eigenvalue weighted by molar-refractivity contribution is 7.99. The van der Waals surface area contributed by atoms with Crippen LogP contribution < -0.4 is 5.32 Å². The molecule has 8 heteroatoms. The Morgan fingerprint density at radius 1 is 1.32 bits per heavy atom. The fourth-order valence-corrected chi connectivity index (χ4v) is 3.92. The third-order valence-electron chi connectivity index (χ3n) is 4.76. The molecule has 1 saturated carbocycles. The van der Waals surface area contributed by atoms with Crippen molar-refractivity contribution in [3.8, 4) is 11.4 Å². The molecule has 3 aromatic rings. The Bertz CT molecular complexity index is 936. The zero-order valence-electron chi connectivity index (χ0n) is 15.5. The van der Waals surface area contributed by atoms with Crippen molar-refractivity contribution in [3.05, 3.63) is 53.4 Å². The predicted molar refractivity (Wildman–Crippen MR) is 109 cm³/mol. The summed E-state index contributed by atoms with van der Waals surface area (Å²) < 4.78 is 7.46. The van der Waals surface area contributed by atoms with Gasteiger partial charge in [0.1, 0.15) is 5.76 Å². The van der Waals surface area contributed by atoms with Gasteiger partial charge in [-0.25, -0.2) is 0 Å². The number of thioether (sulfide) groups is 1. The lowest BCUT2D eigenvalue weighted by Crippen LogP contribution is -2.35. The fourth-order valence-electron chi connectivity index (χ4n) is 3.05. The number of halogens is 1. The van der Waals surface area contributed by atoms with Crippen LogP contribution in [0.5, 0.6) is 0 Å². The lowest BCUT2D eigenvalue weighted by Gasteiger charge is -2.13. The van der Waals surface area contributed by atoms with Crippen molar-refractivity contribution in [2.24, 2.45) is 5.92 Å². The van der Waals surface area contributed by atoms with Crippen molar-refractivity contribution in [1.82, 2.24) is 20.1 Å². The topological polar surface area (TPSA) is 73.0 Å². The van der Waals surface area contributed by atoms with Gasteiger partial charge in [-0.2, -0.15) is 0 Å². The van der Waals surface area contributed by atoms with Crippen molar-refractivity contribution in [2.75, 3.05) is 5.75 Å². The van der Waals surface area contributed by atoms with Gasteiger partial charge in [-0.05, 0) is 62.1 Å². The second-order valence-electron chi connectivity index (χ2n) is 6.96. The second-order valence-corrected chi connectivity index (χ2v) is 8.34. The van der Waals surface area contributed by atoms with Crippen LogP contribution in [0.4, 0.5) is 0 Å². The summed E-state index contributed by atoms with van der Waals surface area (Å²) in [7, 11) is 0. The standard InChI is InChI=1S/C20H21ClN4O2S/c1-13(14-4-5-14)22-18(26)12-28-20-24-23-19(15-6-8-16(21)9-7-15)25(20)11-17-3-2-10-27-17/h2-3,6-10,13-14H,4-5,11-12H2,1H3,(H,22,26). The summed E-state index contributed by atoms with van der Waals surface area (Å²) in [6, 6.07) is 11.4. The molecule has 2 aromatic heterocycles. The van der Waals surface area contributed by atoms with Gasteiger partial charge in [0.25, 0.3) is 0 Å². The maximum atomic E-state index is 12.3. The third kappa shape index (κ3) is 4.59. The van der Waals surface area contributed by atoms with Crippen LogP contribution >= 0.6 is 23.4 Å². The summed E-state index contributed by atoms with van der Waals surface area (Å²) in [5.74, 6) is 2.46. The summed E-state index contributed by atoms with van der Waals surface area (Å²) in [6.07, 6.45) is 4.05. The van der Waals surface area contributed by atoms with E-state index in [1.54, 1.807) is 6.26 Å². The molecule has 0 bridgehead atoms. The molecule has 0 spiro atoms. The Morgan fingerprint density at radius 2 is 2.11 bits per heavy atom. The molecule has 4 rings (SSSR count). The number of nitrogens with zero attached hydrogens (tertiary/aromatic N) is 3. The van der Waals surface area contributed by atoms with Crippen LogP contribution in [0, 0.1) is 5.92 Å². The van der Waals surface area contributed by atoms with E-state index in [9.17, 15) is 4.79 Å². The van der Waals surface area contributed by atoms with Gasteiger partial charge in [-0.3, -0.25) is 9.36 Å². The molecule has 1 N–H and O–H groups in total. The first-order chi connectivity index (χ1) is 13.6. The maximum Gasteiger partial charge on any atom is 0.230 e. The molecule has 6 nitrogen and oxygen atoms in total. The van der Waals surface area contributed by atoms with Crippen molar-refractivity contribution in [2.45, 2.75) is 37.5 Å². The summed E-state index contributed by atoms with van der Waals surface area (Å²) >= 11 is 7.38. The smallest absolute Gasteiger partial charge is 0.230 e. The minimum Gasteiger partial charge on any atom is -0.467 e. The lowest BCUT2D eigenvalue weighted by molar-refractivity contribution is -0.119. The maximum absolute atomic E-state index is 12.3. The van der Waals surface area contributed by atoms with Gasteiger partial charge >= 0.3 is 0 Å². The van der Waals surface area contributed by atoms with Crippen molar-refractivity contribution < 1.29 is 9.21 Å². The van der Waals surface area contributed by atoms with Crippen LogP contribution in [-0.4, -0.2) is 32.5 Å². The molecule has 146 valence electrons. The molecule has 1 amide bonds. The van der Waals surface area contributed by atoms with E-state index in [2.05, 4.69) is 22.4 Å². The number of hydrogen-bond donors (Lipinski definition) is 1. The number of benzene rings is 1. The first-order valence-corrected chi connectivity index (χ1v) is 10.6. The van der Waals surface area contributed by atoms with E-state index < -0.39 is 0 Å². The Kier molecular flexibility index (Phi) is 5.73. The van der Waals surface area contributed by atoms with Gasteiger partial charge in [0.2, 0.25) is 5.91 Å². The molecule has 1 aliphatic carbocycles. The number of furan rings is 1. The van der Waals surface area contributed by atoms with Crippen LogP contribution in [-0.2, 0) is 11.3 Å². The van der Waals surface area contributed by atoms with E-state index in [4.69, 9.17) is 16.0 Å². The van der Waals surface area contributed by atoms with E-state index in [1.165, 1.54) is 24.6 Å². The minimum absolute atomic E-state index is 0.0185. The largest absolute Gasteiger partial charge is 0.467 e. The van der Waals surface area contributed by atoms with Gasteiger partial charge in [-0.15, -0.1) is 10.2 Å². The van der Waals surface area contributed by atoms with Crippen LogP contribution in [0.1, 0.15) is 25.5 Å². The van der Waals surface area contributed by atoms with Gasteiger partial charge in [-0.1, -0.05) is 23.4 Å². The molecule has 0 radical (unpaired) electrons.